The van der Waals surface area contributed by atoms with Gasteiger partial charge in [-0.15, -0.1) is 0 Å². The molecule has 0 saturated heterocycles. The third kappa shape index (κ3) is 4.17. The zero-order valence-electron chi connectivity index (χ0n) is 10.1. The summed E-state index contributed by atoms with van der Waals surface area (Å²) in [5, 5.41) is 0.668. The van der Waals surface area contributed by atoms with Gasteiger partial charge in [0.15, 0.2) is 6.61 Å². The van der Waals surface area contributed by atoms with Crippen LogP contribution in [0.3, 0.4) is 0 Å². The summed E-state index contributed by atoms with van der Waals surface area (Å²) < 4.78 is 5.03. The summed E-state index contributed by atoms with van der Waals surface area (Å²) in [5.74, 6) is 5.31. The molecule has 19 heavy (non-hydrogen) atoms. The standard InChI is InChI=1S/C16H11ClO2/c17-15-10-8-13(9-11-15)5-4-12-19-16(18)14-6-2-1-3-7-14/h1-3,6-11H,12H2. The molecule has 0 amide bonds. The number of ether oxygens (including phenoxy) is 1. The summed E-state index contributed by atoms with van der Waals surface area (Å²) in [5.41, 5.74) is 1.36. The zero-order chi connectivity index (χ0) is 13.5. The number of carbonyl (C=O) groups is 1. The van der Waals surface area contributed by atoms with Gasteiger partial charge in [0, 0.05) is 10.6 Å². The van der Waals surface area contributed by atoms with Crippen molar-refractivity contribution < 1.29 is 9.53 Å². The van der Waals surface area contributed by atoms with Crippen LogP contribution in [0.2, 0.25) is 5.02 Å². The van der Waals surface area contributed by atoms with Crippen molar-refractivity contribution in [2.45, 2.75) is 0 Å². The van der Waals surface area contributed by atoms with Crippen LogP contribution in [-0.2, 0) is 4.74 Å². The minimum atomic E-state index is -0.369. The Morgan fingerprint density at radius 3 is 2.42 bits per heavy atom. The van der Waals surface area contributed by atoms with E-state index in [9.17, 15) is 4.79 Å². The summed E-state index contributed by atoms with van der Waals surface area (Å²) >= 11 is 5.76. The van der Waals surface area contributed by atoms with Crippen molar-refractivity contribution in [1.29, 1.82) is 0 Å². The van der Waals surface area contributed by atoms with E-state index >= 15 is 0 Å². The quantitative estimate of drug-likeness (QED) is 0.616. The van der Waals surface area contributed by atoms with Crippen LogP contribution in [0, 0.1) is 11.8 Å². The van der Waals surface area contributed by atoms with E-state index in [2.05, 4.69) is 11.8 Å². The molecule has 0 N–H and O–H groups in total. The first kappa shape index (κ1) is 13.2. The lowest BCUT2D eigenvalue weighted by Gasteiger charge is -1.99. The van der Waals surface area contributed by atoms with Gasteiger partial charge in [-0.1, -0.05) is 41.6 Å². The molecule has 3 heteroatoms. The van der Waals surface area contributed by atoms with Gasteiger partial charge in [-0.2, -0.15) is 0 Å². The summed E-state index contributed by atoms with van der Waals surface area (Å²) in [4.78, 5) is 11.6. The molecule has 2 aromatic carbocycles. The summed E-state index contributed by atoms with van der Waals surface area (Å²) in [6.07, 6.45) is 0. The van der Waals surface area contributed by atoms with Crippen LogP contribution in [0.1, 0.15) is 15.9 Å². The lowest BCUT2D eigenvalue weighted by Crippen LogP contribution is -2.04. The average Bonchev–Trinajstić information content (AvgIpc) is 2.46. The number of benzene rings is 2. The van der Waals surface area contributed by atoms with Gasteiger partial charge >= 0.3 is 5.97 Å². The van der Waals surface area contributed by atoms with E-state index in [1.807, 2.05) is 18.2 Å². The lowest BCUT2D eigenvalue weighted by atomic mass is 10.2. The highest BCUT2D eigenvalue weighted by Crippen LogP contribution is 2.08. The highest BCUT2D eigenvalue weighted by molar-refractivity contribution is 6.30. The van der Waals surface area contributed by atoms with Gasteiger partial charge < -0.3 is 4.74 Å². The number of hydrogen-bond donors (Lipinski definition) is 0. The molecule has 0 aliphatic carbocycles. The predicted octanol–water partition coefficient (Wildman–Crippen LogP) is 3.55. The number of halogens is 1. The molecule has 0 saturated carbocycles. The molecule has 0 aromatic heterocycles. The Labute approximate surface area is 117 Å². The van der Waals surface area contributed by atoms with E-state index in [1.54, 1.807) is 36.4 Å². The molecule has 0 spiro atoms. The molecular weight excluding hydrogens is 260 g/mol. The van der Waals surface area contributed by atoms with Gasteiger partial charge in [-0.3, -0.25) is 0 Å². The third-order valence-corrected chi connectivity index (χ3v) is 2.61. The number of rotatable bonds is 2. The van der Waals surface area contributed by atoms with Crippen LogP contribution in [0.4, 0.5) is 0 Å². The van der Waals surface area contributed by atoms with E-state index < -0.39 is 0 Å². The Morgan fingerprint density at radius 1 is 1.05 bits per heavy atom. The Balaban J connectivity index is 1.87. The average molecular weight is 271 g/mol. The van der Waals surface area contributed by atoms with E-state index in [1.165, 1.54) is 0 Å². The summed E-state index contributed by atoms with van der Waals surface area (Å²) in [7, 11) is 0. The largest absolute Gasteiger partial charge is 0.449 e. The molecule has 0 aliphatic heterocycles. The Bertz CT molecular complexity index is 607. The topological polar surface area (TPSA) is 26.3 Å². The van der Waals surface area contributed by atoms with Gasteiger partial charge in [0.25, 0.3) is 0 Å². The van der Waals surface area contributed by atoms with Gasteiger partial charge in [0.1, 0.15) is 0 Å². The molecule has 2 nitrogen and oxygen atoms in total. The molecule has 2 aromatic rings. The van der Waals surface area contributed by atoms with Crippen molar-refractivity contribution in [3.05, 3.63) is 70.7 Å². The molecule has 0 unspecified atom stereocenters. The van der Waals surface area contributed by atoms with Crippen LogP contribution < -0.4 is 0 Å². The summed E-state index contributed by atoms with van der Waals surface area (Å²) in [6.45, 7) is 0.0658. The minimum absolute atomic E-state index is 0.0658. The van der Waals surface area contributed by atoms with Gasteiger partial charge in [0.2, 0.25) is 0 Å². The molecule has 0 bridgehead atoms. The Hall–Kier alpha value is -2.24. The van der Waals surface area contributed by atoms with E-state index in [0.29, 0.717) is 10.6 Å². The predicted molar refractivity (Wildman–Crippen MR) is 75.1 cm³/mol. The van der Waals surface area contributed by atoms with Crippen LogP contribution in [0.5, 0.6) is 0 Å². The fourth-order valence-corrected chi connectivity index (χ4v) is 1.56. The van der Waals surface area contributed by atoms with Crippen LogP contribution in [0.15, 0.2) is 54.6 Å². The van der Waals surface area contributed by atoms with Gasteiger partial charge in [-0.25, -0.2) is 4.79 Å². The van der Waals surface area contributed by atoms with E-state index in [0.717, 1.165) is 5.56 Å². The zero-order valence-corrected chi connectivity index (χ0v) is 10.9. The second kappa shape index (κ2) is 6.63. The number of hydrogen-bond acceptors (Lipinski definition) is 2. The van der Waals surface area contributed by atoms with Crippen LogP contribution in [0.25, 0.3) is 0 Å². The highest BCUT2D eigenvalue weighted by atomic mass is 35.5. The fourth-order valence-electron chi connectivity index (χ4n) is 1.43. The minimum Gasteiger partial charge on any atom is -0.449 e. The van der Waals surface area contributed by atoms with Crippen molar-refractivity contribution >= 4 is 17.6 Å². The molecule has 0 aliphatic rings. The smallest absolute Gasteiger partial charge is 0.339 e. The van der Waals surface area contributed by atoms with Gasteiger partial charge in [-0.05, 0) is 36.4 Å². The van der Waals surface area contributed by atoms with E-state index in [-0.39, 0.29) is 12.6 Å². The van der Waals surface area contributed by atoms with Crippen molar-refractivity contribution in [2.24, 2.45) is 0 Å². The maximum Gasteiger partial charge on any atom is 0.339 e. The highest BCUT2D eigenvalue weighted by Gasteiger charge is 2.03. The summed E-state index contributed by atoms with van der Waals surface area (Å²) in [6, 6.07) is 16.0. The maximum absolute atomic E-state index is 11.6. The molecular formula is C16H11ClO2. The normalized spacial score (nSPS) is 9.32. The number of esters is 1. The van der Waals surface area contributed by atoms with Crippen molar-refractivity contribution in [3.63, 3.8) is 0 Å². The molecule has 0 atom stereocenters. The van der Waals surface area contributed by atoms with E-state index in [4.69, 9.17) is 16.3 Å². The lowest BCUT2D eigenvalue weighted by molar-refractivity contribution is 0.0556. The van der Waals surface area contributed by atoms with Crippen LogP contribution in [-0.4, -0.2) is 12.6 Å². The van der Waals surface area contributed by atoms with Crippen LogP contribution >= 0.6 is 11.6 Å². The second-order valence-corrected chi connectivity index (χ2v) is 4.19. The molecule has 0 radical (unpaired) electrons. The molecule has 0 heterocycles. The Kier molecular flexibility index (Phi) is 4.60. The first-order valence-electron chi connectivity index (χ1n) is 5.72. The Morgan fingerprint density at radius 2 is 1.74 bits per heavy atom. The first-order chi connectivity index (χ1) is 9.25. The van der Waals surface area contributed by atoms with Gasteiger partial charge in [0.05, 0.1) is 5.56 Å². The van der Waals surface area contributed by atoms with Crippen molar-refractivity contribution in [2.75, 3.05) is 6.61 Å². The van der Waals surface area contributed by atoms with Crippen molar-refractivity contribution in [1.82, 2.24) is 0 Å². The molecule has 2 rings (SSSR count). The fraction of sp³-hybridized carbons (Fsp3) is 0.0625. The molecule has 94 valence electrons. The first-order valence-corrected chi connectivity index (χ1v) is 6.10. The number of carbonyl (C=O) groups excluding carboxylic acids is 1. The SMILES string of the molecule is O=C(OCC#Cc1ccc(Cl)cc1)c1ccccc1. The maximum atomic E-state index is 11.6. The molecule has 0 fully saturated rings. The monoisotopic (exact) mass is 270 g/mol. The van der Waals surface area contributed by atoms with Crippen molar-refractivity contribution in [3.8, 4) is 11.8 Å². The third-order valence-electron chi connectivity index (χ3n) is 2.36. The second-order valence-electron chi connectivity index (χ2n) is 3.75.